The largest absolute Gasteiger partial charge is 0.480 e. The van der Waals surface area contributed by atoms with Crippen molar-refractivity contribution in [1.82, 2.24) is 4.90 Å². The van der Waals surface area contributed by atoms with Gasteiger partial charge in [0.15, 0.2) is 0 Å². The number of carbonyl (C=O) groups is 1. The maximum atomic E-state index is 11.8. The molecule has 1 saturated carbocycles. The number of fused-ring (bicyclic) bond motifs is 1. The number of aliphatic carboxylic acids is 1. The molecule has 0 aromatic heterocycles. The number of rotatable bonds is 2. The van der Waals surface area contributed by atoms with Gasteiger partial charge in [-0.15, -0.1) is 0 Å². The molecule has 2 aliphatic rings. The Morgan fingerprint density at radius 1 is 1.19 bits per heavy atom. The van der Waals surface area contributed by atoms with Crippen molar-refractivity contribution in [3.8, 4) is 0 Å². The van der Waals surface area contributed by atoms with Crippen molar-refractivity contribution in [2.24, 2.45) is 11.8 Å². The van der Waals surface area contributed by atoms with E-state index in [2.05, 4.69) is 36.9 Å². The van der Waals surface area contributed by atoms with E-state index in [1.54, 1.807) is 0 Å². The molecule has 4 atom stereocenters. The SMILES string of the molecule is CC1CCCC(N2Cc3ccccc3CC2C(=O)O)C1C. The molecule has 21 heavy (non-hydrogen) atoms. The topological polar surface area (TPSA) is 40.5 Å². The highest BCUT2D eigenvalue weighted by Gasteiger charge is 2.40. The Bertz CT molecular complexity index is 528. The van der Waals surface area contributed by atoms with Crippen molar-refractivity contribution in [2.75, 3.05) is 0 Å². The molecule has 1 aromatic carbocycles. The molecule has 3 nitrogen and oxygen atoms in total. The van der Waals surface area contributed by atoms with E-state index in [-0.39, 0.29) is 6.04 Å². The third-order valence-electron chi connectivity index (χ3n) is 5.66. The second kappa shape index (κ2) is 5.80. The lowest BCUT2D eigenvalue weighted by atomic mass is 9.76. The number of carboxylic acids is 1. The van der Waals surface area contributed by atoms with Crippen LogP contribution in [0.15, 0.2) is 24.3 Å². The summed E-state index contributed by atoms with van der Waals surface area (Å²) in [6.45, 7) is 5.40. The van der Waals surface area contributed by atoms with E-state index in [1.165, 1.54) is 24.0 Å². The van der Waals surface area contributed by atoms with Crippen molar-refractivity contribution in [3.05, 3.63) is 35.4 Å². The molecule has 1 fully saturated rings. The molecule has 1 aliphatic heterocycles. The van der Waals surface area contributed by atoms with Gasteiger partial charge in [0.2, 0.25) is 0 Å². The second-order valence-electron chi connectivity index (χ2n) is 6.83. The number of nitrogens with zero attached hydrogens (tertiary/aromatic N) is 1. The van der Waals surface area contributed by atoms with Crippen LogP contribution >= 0.6 is 0 Å². The molecule has 0 amide bonds. The first kappa shape index (κ1) is 14.6. The van der Waals surface area contributed by atoms with Crippen molar-refractivity contribution >= 4 is 5.97 Å². The van der Waals surface area contributed by atoms with Gasteiger partial charge in [0, 0.05) is 12.6 Å². The molecule has 0 saturated heterocycles. The highest BCUT2D eigenvalue weighted by atomic mass is 16.4. The van der Waals surface area contributed by atoms with Gasteiger partial charge in [-0.2, -0.15) is 0 Å². The second-order valence-corrected chi connectivity index (χ2v) is 6.83. The first-order chi connectivity index (χ1) is 10.1. The fourth-order valence-corrected chi connectivity index (χ4v) is 4.14. The first-order valence-electron chi connectivity index (χ1n) is 8.13. The molecule has 1 heterocycles. The molecule has 4 unspecified atom stereocenters. The number of hydrogen-bond donors (Lipinski definition) is 1. The van der Waals surface area contributed by atoms with Crippen LogP contribution in [0.1, 0.15) is 44.2 Å². The minimum absolute atomic E-state index is 0.363. The van der Waals surface area contributed by atoms with Crippen LogP contribution in [0.5, 0.6) is 0 Å². The lowest BCUT2D eigenvalue weighted by Gasteiger charge is -2.46. The molecule has 1 aliphatic carbocycles. The van der Waals surface area contributed by atoms with Crippen LogP contribution in [0.2, 0.25) is 0 Å². The molecule has 0 spiro atoms. The molecular formula is C18H25NO2. The lowest BCUT2D eigenvalue weighted by Crippen LogP contribution is -2.54. The molecule has 3 rings (SSSR count). The van der Waals surface area contributed by atoms with Crippen LogP contribution in [-0.2, 0) is 17.8 Å². The van der Waals surface area contributed by atoms with Crippen LogP contribution in [0.4, 0.5) is 0 Å². The van der Waals surface area contributed by atoms with Crippen molar-refractivity contribution < 1.29 is 9.90 Å². The minimum Gasteiger partial charge on any atom is -0.480 e. The van der Waals surface area contributed by atoms with Gasteiger partial charge < -0.3 is 5.11 Å². The maximum Gasteiger partial charge on any atom is 0.321 e. The van der Waals surface area contributed by atoms with E-state index in [9.17, 15) is 9.90 Å². The molecule has 114 valence electrons. The first-order valence-corrected chi connectivity index (χ1v) is 8.13. The number of hydrogen-bond acceptors (Lipinski definition) is 2. The summed E-state index contributed by atoms with van der Waals surface area (Å²) in [7, 11) is 0. The quantitative estimate of drug-likeness (QED) is 0.907. The summed E-state index contributed by atoms with van der Waals surface area (Å²) in [5.41, 5.74) is 2.51. The predicted octanol–water partition coefficient (Wildman–Crippen LogP) is 3.32. The van der Waals surface area contributed by atoms with Crippen molar-refractivity contribution in [1.29, 1.82) is 0 Å². The summed E-state index contributed by atoms with van der Waals surface area (Å²) >= 11 is 0. The van der Waals surface area contributed by atoms with Gasteiger partial charge in [-0.25, -0.2) is 0 Å². The summed E-state index contributed by atoms with van der Waals surface area (Å²) in [4.78, 5) is 14.0. The Balaban J connectivity index is 1.90. The van der Waals surface area contributed by atoms with Gasteiger partial charge in [-0.05, 0) is 35.8 Å². The smallest absolute Gasteiger partial charge is 0.321 e. The zero-order valence-corrected chi connectivity index (χ0v) is 13.0. The fourth-order valence-electron chi connectivity index (χ4n) is 4.14. The molecular weight excluding hydrogens is 262 g/mol. The summed E-state index contributed by atoms with van der Waals surface area (Å²) in [5, 5.41) is 9.68. The van der Waals surface area contributed by atoms with Gasteiger partial charge in [-0.1, -0.05) is 51.0 Å². The van der Waals surface area contributed by atoms with Gasteiger partial charge in [-0.3, -0.25) is 9.69 Å². The van der Waals surface area contributed by atoms with E-state index in [4.69, 9.17) is 0 Å². The zero-order chi connectivity index (χ0) is 15.0. The molecule has 0 bridgehead atoms. The predicted molar refractivity (Wildman–Crippen MR) is 83.1 cm³/mol. The monoisotopic (exact) mass is 287 g/mol. The average Bonchev–Trinajstić information content (AvgIpc) is 2.48. The van der Waals surface area contributed by atoms with E-state index in [0.717, 1.165) is 13.0 Å². The van der Waals surface area contributed by atoms with Gasteiger partial charge >= 0.3 is 5.97 Å². The van der Waals surface area contributed by atoms with Crippen LogP contribution in [0, 0.1) is 11.8 Å². The van der Waals surface area contributed by atoms with Gasteiger partial charge in [0.25, 0.3) is 0 Å². The van der Waals surface area contributed by atoms with Crippen LogP contribution in [0.25, 0.3) is 0 Å². The Hall–Kier alpha value is -1.35. The summed E-state index contributed by atoms with van der Waals surface area (Å²) in [5.74, 6) is 0.594. The minimum atomic E-state index is -0.671. The van der Waals surface area contributed by atoms with Gasteiger partial charge in [0.1, 0.15) is 6.04 Å². The van der Waals surface area contributed by atoms with Crippen LogP contribution < -0.4 is 0 Å². The van der Waals surface area contributed by atoms with Gasteiger partial charge in [0.05, 0.1) is 0 Å². The standard InChI is InChI=1S/C18H25NO2/c1-12-6-5-9-16(13(12)2)19-11-15-8-4-3-7-14(15)10-17(19)18(20)21/h3-4,7-8,12-13,16-17H,5-6,9-11H2,1-2H3,(H,20,21). The highest BCUT2D eigenvalue weighted by Crippen LogP contribution is 2.37. The summed E-state index contributed by atoms with van der Waals surface area (Å²) < 4.78 is 0. The third-order valence-corrected chi connectivity index (χ3v) is 5.66. The molecule has 3 heteroatoms. The fraction of sp³-hybridized carbons (Fsp3) is 0.611. The average molecular weight is 287 g/mol. The van der Waals surface area contributed by atoms with Crippen LogP contribution in [-0.4, -0.2) is 28.1 Å². The number of benzene rings is 1. The third kappa shape index (κ3) is 2.71. The van der Waals surface area contributed by atoms with Crippen LogP contribution in [0.3, 0.4) is 0 Å². The maximum absolute atomic E-state index is 11.8. The highest BCUT2D eigenvalue weighted by molar-refractivity contribution is 5.74. The Labute approximate surface area is 127 Å². The number of carboxylic acid groups (broad SMARTS) is 1. The van der Waals surface area contributed by atoms with Crippen molar-refractivity contribution in [3.63, 3.8) is 0 Å². The van der Waals surface area contributed by atoms with E-state index < -0.39 is 5.97 Å². The van der Waals surface area contributed by atoms with Crippen molar-refractivity contribution in [2.45, 2.75) is 58.2 Å². The summed E-state index contributed by atoms with van der Waals surface area (Å²) in [6.07, 6.45) is 4.28. The Kier molecular flexibility index (Phi) is 4.03. The van der Waals surface area contributed by atoms with E-state index in [0.29, 0.717) is 24.3 Å². The van der Waals surface area contributed by atoms with E-state index in [1.807, 2.05) is 6.07 Å². The normalized spacial score (nSPS) is 33.4. The zero-order valence-electron chi connectivity index (χ0n) is 13.0. The Morgan fingerprint density at radius 2 is 1.90 bits per heavy atom. The molecule has 1 N–H and O–H groups in total. The summed E-state index contributed by atoms with van der Waals surface area (Å²) in [6, 6.07) is 8.34. The Morgan fingerprint density at radius 3 is 2.62 bits per heavy atom. The molecule has 0 radical (unpaired) electrons. The molecule has 1 aromatic rings. The lowest BCUT2D eigenvalue weighted by molar-refractivity contribution is -0.146. The van der Waals surface area contributed by atoms with E-state index >= 15 is 0 Å².